The Labute approximate surface area is 124 Å². The zero-order chi connectivity index (χ0) is 16.2. The molecule has 6 nitrogen and oxygen atoms in total. The number of nitriles is 1. The van der Waals surface area contributed by atoms with Crippen LogP contribution < -0.4 is 4.72 Å². The van der Waals surface area contributed by atoms with Crippen molar-refractivity contribution in [2.45, 2.75) is 38.1 Å². The fourth-order valence-electron chi connectivity index (χ4n) is 1.88. The lowest BCUT2D eigenvalue weighted by Gasteiger charge is -2.17. The van der Waals surface area contributed by atoms with Crippen molar-refractivity contribution >= 4 is 16.0 Å². The standard InChI is InChI=1S/C14H18N2O4S/c1-9(2)6-12(14(17)18)16-21(19,20)13-7-11(8-15)5-4-10(13)3/h4-5,7,9,12,16H,6H2,1-3H3,(H,17,18). The summed E-state index contributed by atoms with van der Waals surface area (Å²) in [5.74, 6) is -1.19. The van der Waals surface area contributed by atoms with Crippen LogP contribution >= 0.6 is 0 Å². The van der Waals surface area contributed by atoms with Crippen molar-refractivity contribution < 1.29 is 18.3 Å². The molecule has 0 bridgehead atoms. The predicted molar refractivity (Wildman–Crippen MR) is 77.1 cm³/mol. The quantitative estimate of drug-likeness (QED) is 0.830. The fourth-order valence-corrected chi connectivity index (χ4v) is 3.35. The number of hydrogen-bond acceptors (Lipinski definition) is 4. The number of carboxylic acid groups (broad SMARTS) is 1. The van der Waals surface area contributed by atoms with Crippen molar-refractivity contribution in [3.63, 3.8) is 0 Å². The van der Waals surface area contributed by atoms with Gasteiger partial charge in [-0.05, 0) is 37.0 Å². The van der Waals surface area contributed by atoms with E-state index in [0.717, 1.165) is 0 Å². The number of hydrogen-bond donors (Lipinski definition) is 2. The molecule has 7 heteroatoms. The Morgan fingerprint density at radius 2 is 2.05 bits per heavy atom. The Morgan fingerprint density at radius 3 is 2.52 bits per heavy atom. The molecule has 1 aromatic carbocycles. The molecule has 0 aromatic heterocycles. The fraction of sp³-hybridized carbons (Fsp3) is 0.429. The third kappa shape index (κ3) is 4.55. The largest absolute Gasteiger partial charge is 0.480 e. The summed E-state index contributed by atoms with van der Waals surface area (Å²) in [7, 11) is -4.00. The summed E-state index contributed by atoms with van der Waals surface area (Å²) in [6.07, 6.45) is 0.186. The maximum atomic E-state index is 12.3. The average Bonchev–Trinajstić information content (AvgIpc) is 2.37. The highest BCUT2D eigenvalue weighted by molar-refractivity contribution is 7.89. The number of rotatable bonds is 6. The Balaban J connectivity index is 3.16. The van der Waals surface area contributed by atoms with Crippen molar-refractivity contribution in [2.24, 2.45) is 5.92 Å². The van der Waals surface area contributed by atoms with Crippen LogP contribution in [0.1, 0.15) is 31.4 Å². The molecule has 0 saturated heterocycles. The maximum Gasteiger partial charge on any atom is 0.321 e. The first kappa shape index (κ1) is 17.1. The number of carbonyl (C=O) groups is 1. The number of aliphatic carboxylic acids is 1. The zero-order valence-corrected chi connectivity index (χ0v) is 12.9. The van der Waals surface area contributed by atoms with E-state index >= 15 is 0 Å². The summed E-state index contributed by atoms with van der Waals surface area (Å²) >= 11 is 0. The van der Waals surface area contributed by atoms with Gasteiger partial charge in [0.2, 0.25) is 10.0 Å². The molecule has 0 heterocycles. The summed E-state index contributed by atoms with van der Waals surface area (Å²) in [6, 6.07) is 4.94. The van der Waals surface area contributed by atoms with Crippen LogP contribution in [-0.4, -0.2) is 25.5 Å². The van der Waals surface area contributed by atoms with Crippen LogP contribution in [0.15, 0.2) is 23.1 Å². The van der Waals surface area contributed by atoms with Gasteiger partial charge in [-0.1, -0.05) is 19.9 Å². The lowest BCUT2D eigenvalue weighted by atomic mass is 10.1. The van der Waals surface area contributed by atoms with E-state index in [1.807, 2.05) is 19.9 Å². The first-order valence-corrected chi connectivity index (χ1v) is 7.91. The van der Waals surface area contributed by atoms with Gasteiger partial charge in [0.15, 0.2) is 0 Å². The molecule has 0 aliphatic carbocycles. The molecule has 1 unspecified atom stereocenters. The second-order valence-corrected chi connectivity index (χ2v) is 6.92. The number of benzene rings is 1. The van der Waals surface area contributed by atoms with Crippen LogP contribution in [0.2, 0.25) is 0 Å². The second kappa shape index (κ2) is 6.70. The van der Waals surface area contributed by atoms with E-state index in [4.69, 9.17) is 10.4 Å². The summed E-state index contributed by atoms with van der Waals surface area (Å²) in [6.45, 7) is 5.21. The van der Waals surface area contributed by atoms with Crippen LogP contribution in [0.25, 0.3) is 0 Å². The molecule has 114 valence electrons. The van der Waals surface area contributed by atoms with Gasteiger partial charge in [-0.15, -0.1) is 0 Å². The number of carboxylic acids is 1. The van der Waals surface area contributed by atoms with Gasteiger partial charge in [0, 0.05) is 0 Å². The highest BCUT2D eigenvalue weighted by Gasteiger charge is 2.27. The van der Waals surface area contributed by atoms with Gasteiger partial charge in [0.1, 0.15) is 6.04 Å². The highest BCUT2D eigenvalue weighted by Crippen LogP contribution is 2.18. The molecule has 2 N–H and O–H groups in total. The van der Waals surface area contributed by atoms with E-state index < -0.39 is 22.0 Å². The molecular weight excluding hydrogens is 292 g/mol. The first-order chi connectivity index (χ1) is 9.67. The first-order valence-electron chi connectivity index (χ1n) is 6.43. The Hall–Kier alpha value is -1.91. The SMILES string of the molecule is Cc1ccc(C#N)cc1S(=O)(=O)NC(CC(C)C)C(=O)O. The van der Waals surface area contributed by atoms with E-state index in [1.165, 1.54) is 18.2 Å². The molecule has 1 atom stereocenters. The zero-order valence-electron chi connectivity index (χ0n) is 12.1. The van der Waals surface area contributed by atoms with E-state index in [0.29, 0.717) is 5.56 Å². The van der Waals surface area contributed by atoms with Crippen LogP contribution in [0.5, 0.6) is 0 Å². The number of sulfonamides is 1. The Kier molecular flexibility index (Phi) is 5.47. The van der Waals surface area contributed by atoms with Gasteiger partial charge in [0.05, 0.1) is 16.5 Å². The van der Waals surface area contributed by atoms with Crippen molar-refractivity contribution in [3.05, 3.63) is 29.3 Å². The molecule has 21 heavy (non-hydrogen) atoms. The minimum absolute atomic E-state index is 0.0281. The molecule has 0 amide bonds. The number of aryl methyl sites for hydroxylation is 1. The lowest BCUT2D eigenvalue weighted by Crippen LogP contribution is -2.41. The Morgan fingerprint density at radius 1 is 1.43 bits per heavy atom. The lowest BCUT2D eigenvalue weighted by molar-refractivity contribution is -0.139. The van der Waals surface area contributed by atoms with Crippen molar-refractivity contribution in [2.75, 3.05) is 0 Å². The topological polar surface area (TPSA) is 107 Å². The van der Waals surface area contributed by atoms with Gasteiger partial charge in [-0.3, -0.25) is 4.79 Å². The van der Waals surface area contributed by atoms with Gasteiger partial charge in [0.25, 0.3) is 0 Å². The highest BCUT2D eigenvalue weighted by atomic mass is 32.2. The third-order valence-electron chi connectivity index (χ3n) is 2.91. The number of nitrogens with zero attached hydrogens (tertiary/aromatic N) is 1. The van der Waals surface area contributed by atoms with E-state index in [2.05, 4.69) is 4.72 Å². The molecule has 0 aliphatic rings. The van der Waals surface area contributed by atoms with Crippen LogP contribution in [0.3, 0.4) is 0 Å². The van der Waals surface area contributed by atoms with Crippen molar-refractivity contribution in [3.8, 4) is 6.07 Å². The predicted octanol–water partition coefficient (Wildman–Crippen LogP) is 1.64. The maximum absolute atomic E-state index is 12.3. The van der Waals surface area contributed by atoms with Crippen molar-refractivity contribution in [1.82, 2.24) is 4.72 Å². The smallest absolute Gasteiger partial charge is 0.321 e. The van der Waals surface area contributed by atoms with E-state index in [9.17, 15) is 13.2 Å². The minimum atomic E-state index is -4.00. The van der Waals surface area contributed by atoms with Gasteiger partial charge >= 0.3 is 5.97 Å². The monoisotopic (exact) mass is 310 g/mol. The average molecular weight is 310 g/mol. The van der Waals surface area contributed by atoms with Crippen LogP contribution in [0, 0.1) is 24.2 Å². The second-order valence-electron chi connectivity index (χ2n) is 5.23. The molecule has 1 aromatic rings. The van der Waals surface area contributed by atoms with E-state index in [-0.39, 0.29) is 22.8 Å². The van der Waals surface area contributed by atoms with Crippen LogP contribution in [0.4, 0.5) is 0 Å². The molecule has 1 rings (SSSR count). The van der Waals surface area contributed by atoms with Gasteiger partial charge < -0.3 is 5.11 Å². The van der Waals surface area contributed by atoms with E-state index in [1.54, 1.807) is 6.92 Å². The molecule has 0 radical (unpaired) electrons. The van der Waals surface area contributed by atoms with Crippen LogP contribution in [-0.2, 0) is 14.8 Å². The summed E-state index contributed by atoms with van der Waals surface area (Å²) in [5, 5.41) is 18.0. The van der Waals surface area contributed by atoms with Crippen molar-refractivity contribution in [1.29, 1.82) is 5.26 Å². The van der Waals surface area contributed by atoms with Gasteiger partial charge in [-0.2, -0.15) is 9.98 Å². The summed E-state index contributed by atoms with van der Waals surface area (Å²) < 4.78 is 26.9. The summed E-state index contributed by atoms with van der Waals surface area (Å²) in [4.78, 5) is 11.1. The molecule has 0 spiro atoms. The summed E-state index contributed by atoms with van der Waals surface area (Å²) in [5.41, 5.74) is 0.659. The minimum Gasteiger partial charge on any atom is -0.480 e. The molecule has 0 saturated carbocycles. The third-order valence-corrected chi connectivity index (χ3v) is 4.52. The molecular formula is C14H18N2O4S. The Bertz CT molecular complexity index is 675. The molecule has 0 aliphatic heterocycles. The molecule has 0 fully saturated rings. The number of nitrogens with one attached hydrogen (secondary N) is 1. The normalized spacial score (nSPS) is 12.9. The van der Waals surface area contributed by atoms with Gasteiger partial charge in [-0.25, -0.2) is 8.42 Å².